The van der Waals surface area contributed by atoms with Crippen LogP contribution in [0.25, 0.3) is 0 Å². The summed E-state index contributed by atoms with van der Waals surface area (Å²) < 4.78 is 24.5. The SMILES string of the molecule is CCCCN(C(=O)CCS(=O)(=O)C1CCCC1)C(C)CC. The molecule has 1 rings (SSSR count). The average Bonchev–Trinajstić information content (AvgIpc) is 3.00. The summed E-state index contributed by atoms with van der Waals surface area (Å²) in [4.78, 5) is 14.2. The fourth-order valence-corrected chi connectivity index (χ4v) is 4.77. The van der Waals surface area contributed by atoms with Gasteiger partial charge in [-0.15, -0.1) is 0 Å². The molecule has 21 heavy (non-hydrogen) atoms. The Labute approximate surface area is 130 Å². The number of carbonyl (C=O) groups is 1. The molecular weight excluding hydrogens is 286 g/mol. The summed E-state index contributed by atoms with van der Waals surface area (Å²) in [6, 6.07) is 0.193. The summed E-state index contributed by atoms with van der Waals surface area (Å²) in [7, 11) is -3.09. The molecule has 0 aliphatic heterocycles. The summed E-state index contributed by atoms with van der Waals surface area (Å²) in [5.41, 5.74) is 0. The van der Waals surface area contributed by atoms with Crippen LogP contribution < -0.4 is 0 Å². The van der Waals surface area contributed by atoms with Gasteiger partial charge in [-0.2, -0.15) is 0 Å². The van der Waals surface area contributed by atoms with Crippen molar-refractivity contribution in [1.82, 2.24) is 4.90 Å². The van der Waals surface area contributed by atoms with Crippen LogP contribution in [0.4, 0.5) is 0 Å². The predicted molar refractivity (Wildman–Crippen MR) is 87.0 cm³/mol. The van der Waals surface area contributed by atoms with Crippen LogP contribution in [0.1, 0.15) is 72.1 Å². The van der Waals surface area contributed by atoms with E-state index in [9.17, 15) is 13.2 Å². The maximum Gasteiger partial charge on any atom is 0.223 e. The number of nitrogens with zero attached hydrogens (tertiary/aromatic N) is 1. The summed E-state index contributed by atoms with van der Waals surface area (Å²) in [5, 5.41) is -0.196. The van der Waals surface area contributed by atoms with Crippen LogP contribution in [-0.2, 0) is 14.6 Å². The molecule has 0 radical (unpaired) electrons. The van der Waals surface area contributed by atoms with E-state index >= 15 is 0 Å². The zero-order valence-electron chi connectivity index (χ0n) is 13.8. The van der Waals surface area contributed by atoms with Gasteiger partial charge in [0.05, 0.1) is 11.0 Å². The highest BCUT2D eigenvalue weighted by Gasteiger charge is 2.30. The molecule has 0 saturated heterocycles. The molecule has 1 atom stereocenters. The molecule has 0 spiro atoms. The van der Waals surface area contributed by atoms with Crippen molar-refractivity contribution in [1.29, 1.82) is 0 Å². The van der Waals surface area contributed by atoms with Crippen molar-refractivity contribution in [3.8, 4) is 0 Å². The Bertz CT molecular complexity index is 413. The molecule has 1 amide bonds. The number of amides is 1. The number of hydrogen-bond donors (Lipinski definition) is 0. The lowest BCUT2D eigenvalue weighted by Crippen LogP contribution is -2.40. The van der Waals surface area contributed by atoms with E-state index < -0.39 is 9.84 Å². The number of sulfone groups is 1. The molecule has 0 aromatic rings. The highest BCUT2D eigenvalue weighted by molar-refractivity contribution is 7.92. The minimum Gasteiger partial charge on any atom is -0.340 e. The molecule has 0 bridgehead atoms. The molecule has 124 valence electrons. The van der Waals surface area contributed by atoms with Gasteiger partial charge in [-0.25, -0.2) is 8.42 Å². The summed E-state index contributed by atoms with van der Waals surface area (Å²) in [6.45, 7) is 6.95. The second kappa shape index (κ2) is 8.76. The topological polar surface area (TPSA) is 54.5 Å². The zero-order chi connectivity index (χ0) is 15.9. The van der Waals surface area contributed by atoms with Crippen LogP contribution in [0.2, 0.25) is 0 Å². The first-order valence-electron chi connectivity index (χ1n) is 8.43. The van der Waals surface area contributed by atoms with Gasteiger partial charge < -0.3 is 4.90 Å². The monoisotopic (exact) mass is 317 g/mol. The van der Waals surface area contributed by atoms with Crippen molar-refractivity contribution in [2.24, 2.45) is 0 Å². The van der Waals surface area contributed by atoms with Crippen molar-refractivity contribution in [3.63, 3.8) is 0 Å². The van der Waals surface area contributed by atoms with Gasteiger partial charge in [-0.05, 0) is 32.6 Å². The van der Waals surface area contributed by atoms with Crippen LogP contribution >= 0.6 is 0 Å². The van der Waals surface area contributed by atoms with Gasteiger partial charge in [-0.1, -0.05) is 33.1 Å². The average molecular weight is 317 g/mol. The second-order valence-corrected chi connectivity index (χ2v) is 8.62. The van der Waals surface area contributed by atoms with Gasteiger partial charge in [0.2, 0.25) is 5.91 Å². The molecule has 0 aromatic heterocycles. The third-order valence-electron chi connectivity index (χ3n) is 4.61. The maximum absolute atomic E-state index is 12.4. The summed E-state index contributed by atoms with van der Waals surface area (Å²) >= 11 is 0. The smallest absolute Gasteiger partial charge is 0.223 e. The highest BCUT2D eigenvalue weighted by Crippen LogP contribution is 2.25. The third-order valence-corrected chi connectivity index (χ3v) is 6.87. The van der Waals surface area contributed by atoms with Crippen molar-refractivity contribution in [2.45, 2.75) is 83.4 Å². The lowest BCUT2D eigenvalue weighted by molar-refractivity contribution is -0.132. The number of rotatable bonds is 9. The van der Waals surface area contributed by atoms with Crippen LogP contribution in [0, 0.1) is 0 Å². The van der Waals surface area contributed by atoms with Gasteiger partial charge >= 0.3 is 0 Å². The van der Waals surface area contributed by atoms with E-state index in [2.05, 4.69) is 13.8 Å². The Morgan fingerprint density at radius 3 is 2.38 bits per heavy atom. The third kappa shape index (κ3) is 5.61. The Kier molecular flexibility index (Phi) is 7.71. The first-order chi connectivity index (χ1) is 9.92. The summed E-state index contributed by atoms with van der Waals surface area (Å²) in [6.07, 6.45) is 6.65. The summed E-state index contributed by atoms with van der Waals surface area (Å²) in [5.74, 6) is 0.0228. The molecule has 1 fully saturated rings. The largest absolute Gasteiger partial charge is 0.340 e. The Hall–Kier alpha value is -0.580. The molecule has 0 N–H and O–H groups in total. The first kappa shape index (κ1) is 18.5. The molecule has 1 aliphatic carbocycles. The van der Waals surface area contributed by atoms with Crippen LogP contribution in [0.15, 0.2) is 0 Å². The van der Waals surface area contributed by atoms with Crippen LogP contribution in [0.5, 0.6) is 0 Å². The molecule has 1 unspecified atom stereocenters. The first-order valence-corrected chi connectivity index (χ1v) is 10.1. The molecular formula is C16H31NO3S. The maximum atomic E-state index is 12.4. The Morgan fingerprint density at radius 1 is 1.24 bits per heavy atom. The van der Waals surface area contributed by atoms with E-state index in [-0.39, 0.29) is 29.4 Å². The van der Waals surface area contributed by atoms with E-state index in [0.717, 1.165) is 51.5 Å². The minimum atomic E-state index is -3.09. The molecule has 0 aromatic carbocycles. The van der Waals surface area contributed by atoms with Gasteiger partial charge in [0.1, 0.15) is 0 Å². The van der Waals surface area contributed by atoms with Crippen LogP contribution in [-0.4, -0.2) is 42.8 Å². The molecule has 0 heterocycles. The van der Waals surface area contributed by atoms with Crippen molar-refractivity contribution in [2.75, 3.05) is 12.3 Å². The Morgan fingerprint density at radius 2 is 1.86 bits per heavy atom. The molecule has 4 nitrogen and oxygen atoms in total. The normalized spacial score (nSPS) is 17.9. The van der Waals surface area contributed by atoms with Gasteiger partial charge in [0.25, 0.3) is 0 Å². The van der Waals surface area contributed by atoms with E-state index in [4.69, 9.17) is 0 Å². The van der Waals surface area contributed by atoms with Gasteiger partial charge in [0, 0.05) is 19.0 Å². The van der Waals surface area contributed by atoms with Crippen molar-refractivity contribution >= 4 is 15.7 Å². The standard InChI is InChI=1S/C16H31NO3S/c1-4-6-12-17(14(3)5-2)16(18)11-13-21(19,20)15-9-7-8-10-15/h14-15H,4-13H2,1-3H3. The minimum absolute atomic E-state index is 0.000582. The number of hydrogen-bond acceptors (Lipinski definition) is 3. The Balaban J connectivity index is 2.56. The van der Waals surface area contributed by atoms with Gasteiger partial charge in [0.15, 0.2) is 9.84 Å². The quantitative estimate of drug-likeness (QED) is 0.656. The van der Waals surface area contributed by atoms with E-state index in [1.165, 1.54) is 0 Å². The van der Waals surface area contributed by atoms with E-state index in [1.807, 2.05) is 11.8 Å². The molecule has 5 heteroatoms. The van der Waals surface area contributed by atoms with E-state index in [0.29, 0.717) is 0 Å². The highest BCUT2D eigenvalue weighted by atomic mass is 32.2. The van der Waals surface area contributed by atoms with Crippen molar-refractivity contribution < 1.29 is 13.2 Å². The number of unbranched alkanes of at least 4 members (excludes halogenated alkanes) is 1. The predicted octanol–water partition coefficient (Wildman–Crippen LogP) is 3.16. The lowest BCUT2D eigenvalue weighted by atomic mass is 10.2. The fraction of sp³-hybridized carbons (Fsp3) is 0.938. The second-order valence-electron chi connectivity index (χ2n) is 6.22. The number of carbonyl (C=O) groups excluding carboxylic acids is 1. The zero-order valence-corrected chi connectivity index (χ0v) is 14.6. The fourth-order valence-electron chi connectivity index (χ4n) is 2.93. The molecule has 1 aliphatic rings. The van der Waals surface area contributed by atoms with E-state index in [1.54, 1.807) is 0 Å². The van der Waals surface area contributed by atoms with Crippen molar-refractivity contribution in [3.05, 3.63) is 0 Å². The van der Waals surface area contributed by atoms with Crippen LogP contribution in [0.3, 0.4) is 0 Å². The lowest BCUT2D eigenvalue weighted by Gasteiger charge is -2.29. The van der Waals surface area contributed by atoms with Gasteiger partial charge in [-0.3, -0.25) is 4.79 Å². The molecule has 1 saturated carbocycles.